The third kappa shape index (κ3) is 3.64. The fourth-order valence-corrected chi connectivity index (χ4v) is 3.11. The van der Waals surface area contributed by atoms with Crippen LogP contribution < -0.4 is 5.32 Å². The van der Waals surface area contributed by atoms with Crippen LogP contribution in [0.5, 0.6) is 0 Å². The van der Waals surface area contributed by atoms with E-state index in [9.17, 15) is 8.78 Å². The lowest BCUT2D eigenvalue weighted by atomic mass is 9.82. The first-order chi connectivity index (χ1) is 8.56. The van der Waals surface area contributed by atoms with Gasteiger partial charge in [0.15, 0.2) is 0 Å². The normalized spacial score (nSPS) is 31.0. The Labute approximate surface area is 109 Å². The van der Waals surface area contributed by atoms with Gasteiger partial charge in [-0.1, -0.05) is 20.3 Å². The average Bonchev–Trinajstić information content (AvgIpc) is 2.23. The molecule has 1 heterocycles. The first kappa shape index (κ1) is 14.2. The molecule has 0 bridgehead atoms. The lowest BCUT2D eigenvalue weighted by Crippen LogP contribution is -2.55. The standard InChI is InChI=1S/C14H26F2N2/c1-10(2)11-6-12(17-7-14(15)16)9-18(8-11)13-4-3-5-13/h10-14,17H,3-9H2,1-2H3. The first-order valence-electron chi connectivity index (χ1n) is 7.32. The second-order valence-corrected chi connectivity index (χ2v) is 6.27. The van der Waals surface area contributed by atoms with Crippen molar-refractivity contribution in [2.45, 2.75) is 58.0 Å². The van der Waals surface area contributed by atoms with Crippen molar-refractivity contribution in [3.8, 4) is 0 Å². The van der Waals surface area contributed by atoms with Gasteiger partial charge in [-0.2, -0.15) is 0 Å². The Morgan fingerprint density at radius 1 is 1.22 bits per heavy atom. The Bertz CT molecular complexity index is 254. The van der Waals surface area contributed by atoms with Crippen LogP contribution in [0.3, 0.4) is 0 Å². The SMILES string of the molecule is CC(C)C1CC(NCC(F)F)CN(C2CCC2)C1. The smallest absolute Gasteiger partial charge is 0.250 e. The predicted octanol–water partition coefficient (Wildman–Crippen LogP) is 2.74. The molecule has 2 aliphatic rings. The summed E-state index contributed by atoms with van der Waals surface area (Å²) < 4.78 is 24.6. The number of nitrogens with zero attached hydrogens (tertiary/aromatic N) is 1. The number of halogens is 2. The van der Waals surface area contributed by atoms with Crippen LogP contribution in [0.4, 0.5) is 8.78 Å². The van der Waals surface area contributed by atoms with E-state index < -0.39 is 6.43 Å². The van der Waals surface area contributed by atoms with Gasteiger partial charge in [0.25, 0.3) is 6.43 Å². The van der Waals surface area contributed by atoms with Gasteiger partial charge in [-0.15, -0.1) is 0 Å². The highest BCUT2D eigenvalue weighted by molar-refractivity contribution is 4.90. The molecular weight excluding hydrogens is 234 g/mol. The minimum atomic E-state index is -2.23. The van der Waals surface area contributed by atoms with E-state index in [4.69, 9.17) is 0 Å². The van der Waals surface area contributed by atoms with Crippen LogP contribution in [-0.4, -0.2) is 43.0 Å². The van der Waals surface area contributed by atoms with Gasteiger partial charge < -0.3 is 5.32 Å². The summed E-state index contributed by atoms with van der Waals surface area (Å²) >= 11 is 0. The van der Waals surface area contributed by atoms with Crippen molar-refractivity contribution in [1.82, 2.24) is 10.2 Å². The molecule has 4 heteroatoms. The van der Waals surface area contributed by atoms with Crippen LogP contribution in [0, 0.1) is 11.8 Å². The molecule has 0 spiro atoms. The third-order valence-electron chi connectivity index (χ3n) is 4.61. The molecule has 2 fully saturated rings. The van der Waals surface area contributed by atoms with Crippen LogP contribution in [0.25, 0.3) is 0 Å². The Hall–Kier alpha value is -0.220. The number of nitrogens with one attached hydrogen (secondary N) is 1. The number of hydrogen-bond acceptors (Lipinski definition) is 2. The summed E-state index contributed by atoms with van der Waals surface area (Å²) in [5.74, 6) is 1.29. The number of hydrogen-bond donors (Lipinski definition) is 1. The molecular formula is C14H26F2N2. The molecule has 1 aliphatic heterocycles. The average molecular weight is 260 g/mol. The molecule has 1 aliphatic carbocycles. The maximum absolute atomic E-state index is 12.3. The van der Waals surface area contributed by atoms with Gasteiger partial charge >= 0.3 is 0 Å². The van der Waals surface area contributed by atoms with Gasteiger partial charge in [-0.3, -0.25) is 4.90 Å². The second-order valence-electron chi connectivity index (χ2n) is 6.27. The van der Waals surface area contributed by atoms with Crippen molar-refractivity contribution >= 4 is 0 Å². The number of piperidine rings is 1. The van der Waals surface area contributed by atoms with Crippen molar-refractivity contribution in [2.75, 3.05) is 19.6 Å². The maximum atomic E-state index is 12.3. The fraction of sp³-hybridized carbons (Fsp3) is 1.00. The summed E-state index contributed by atoms with van der Waals surface area (Å²) in [5.41, 5.74) is 0. The second kappa shape index (κ2) is 6.29. The molecule has 0 aromatic heterocycles. The maximum Gasteiger partial charge on any atom is 0.250 e. The molecule has 0 radical (unpaired) electrons. The highest BCUT2D eigenvalue weighted by atomic mass is 19.3. The van der Waals surface area contributed by atoms with Gasteiger partial charge in [0.2, 0.25) is 0 Å². The summed E-state index contributed by atoms with van der Waals surface area (Å²) in [6, 6.07) is 0.975. The van der Waals surface area contributed by atoms with Gasteiger partial charge in [0.1, 0.15) is 0 Å². The number of rotatable bonds is 5. The predicted molar refractivity (Wildman–Crippen MR) is 70.0 cm³/mol. The molecule has 2 nitrogen and oxygen atoms in total. The zero-order chi connectivity index (χ0) is 13.1. The molecule has 1 saturated carbocycles. The molecule has 1 saturated heterocycles. The van der Waals surface area contributed by atoms with E-state index in [0.717, 1.165) is 25.6 Å². The molecule has 0 aromatic carbocycles. The van der Waals surface area contributed by atoms with Crippen molar-refractivity contribution in [3.05, 3.63) is 0 Å². The number of likely N-dealkylation sites (tertiary alicyclic amines) is 1. The van der Waals surface area contributed by atoms with E-state index in [1.54, 1.807) is 0 Å². The summed E-state index contributed by atoms with van der Waals surface area (Å²) in [4.78, 5) is 2.54. The Kier molecular flexibility index (Phi) is 4.96. The lowest BCUT2D eigenvalue weighted by molar-refractivity contribution is 0.0398. The van der Waals surface area contributed by atoms with Crippen molar-refractivity contribution in [3.63, 3.8) is 0 Å². The quantitative estimate of drug-likeness (QED) is 0.817. The Balaban J connectivity index is 1.88. The zero-order valence-electron chi connectivity index (χ0n) is 11.5. The molecule has 1 N–H and O–H groups in total. The van der Waals surface area contributed by atoms with E-state index in [2.05, 4.69) is 24.1 Å². The molecule has 2 rings (SSSR count). The molecule has 0 aromatic rings. The summed E-state index contributed by atoms with van der Waals surface area (Å²) in [7, 11) is 0. The van der Waals surface area contributed by atoms with Gasteiger partial charge in [-0.05, 0) is 31.1 Å². The number of alkyl halides is 2. The first-order valence-corrected chi connectivity index (χ1v) is 7.32. The summed E-state index contributed by atoms with van der Waals surface area (Å²) in [5, 5.41) is 3.05. The largest absolute Gasteiger partial charge is 0.307 e. The lowest BCUT2D eigenvalue weighted by Gasteiger charge is -2.46. The fourth-order valence-electron chi connectivity index (χ4n) is 3.11. The summed E-state index contributed by atoms with van der Waals surface area (Å²) in [6.07, 6.45) is 2.75. The summed E-state index contributed by atoms with van der Waals surface area (Å²) in [6.45, 7) is 6.46. The monoisotopic (exact) mass is 260 g/mol. The molecule has 2 unspecified atom stereocenters. The highest BCUT2D eigenvalue weighted by Crippen LogP contribution is 2.31. The van der Waals surface area contributed by atoms with E-state index in [1.165, 1.54) is 19.3 Å². The van der Waals surface area contributed by atoms with Crippen LogP contribution in [0.15, 0.2) is 0 Å². The van der Waals surface area contributed by atoms with E-state index >= 15 is 0 Å². The highest BCUT2D eigenvalue weighted by Gasteiger charge is 2.34. The Morgan fingerprint density at radius 3 is 2.44 bits per heavy atom. The van der Waals surface area contributed by atoms with Crippen LogP contribution >= 0.6 is 0 Å². The molecule has 18 heavy (non-hydrogen) atoms. The van der Waals surface area contributed by atoms with E-state index in [1.807, 2.05) is 0 Å². The Morgan fingerprint density at radius 2 is 1.94 bits per heavy atom. The topological polar surface area (TPSA) is 15.3 Å². The van der Waals surface area contributed by atoms with Crippen LogP contribution in [0.2, 0.25) is 0 Å². The minimum absolute atomic E-state index is 0.159. The van der Waals surface area contributed by atoms with Crippen LogP contribution in [0.1, 0.15) is 39.5 Å². The zero-order valence-corrected chi connectivity index (χ0v) is 11.5. The third-order valence-corrected chi connectivity index (χ3v) is 4.61. The van der Waals surface area contributed by atoms with Crippen molar-refractivity contribution in [2.24, 2.45) is 11.8 Å². The van der Waals surface area contributed by atoms with E-state index in [0.29, 0.717) is 11.8 Å². The van der Waals surface area contributed by atoms with Crippen molar-refractivity contribution < 1.29 is 8.78 Å². The molecule has 106 valence electrons. The molecule has 2 atom stereocenters. The van der Waals surface area contributed by atoms with Gasteiger partial charge in [-0.25, -0.2) is 8.78 Å². The van der Waals surface area contributed by atoms with Gasteiger partial charge in [0, 0.05) is 25.2 Å². The van der Waals surface area contributed by atoms with E-state index in [-0.39, 0.29) is 12.6 Å². The van der Waals surface area contributed by atoms with Gasteiger partial charge in [0.05, 0.1) is 6.54 Å². The van der Waals surface area contributed by atoms with Crippen molar-refractivity contribution in [1.29, 1.82) is 0 Å². The van der Waals surface area contributed by atoms with Crippen LogP contribution in [-0.2, 0) is 0 Å². The minimum Gasteiger partial charge on any atom is -0.307 e. The molecule has 0 amide bonds.